The number of imidazole rings is 1. The number of nitrogens with zero attached hydrogens (tertiary/aromatic N) is 3. The summed E-state index contributed by atoms with van der Waals surface area (Å²) in [5.74, 6) is 1.35. The maximum absolute atomic E-state index is 12.5. The van der Waals surface area contributed by atoms with Gasteiger partial charge in [-0.05, 0) is 35.9 Å². The van der Waals surface area contributed by atoms with Crippen LogP contribution in [-0.4, -0.2) is 48.8 Å². The van der Waals surface area contributed by atoms with Gasteiger partial charge < -0.3 is 18.8 Å². The zero-order valence-electron chi connectivity index (χ0n) is 20.0. The maximum atomic E-state index is 12.5. The van der Waals surface area contributed by atoms with E-state index in [9.17, 15) is 4.79 Å². The molecule has 0 atom stereocenters. The van der Waals surface area contributed by atoms with Crippen LogP contribution in [0.15, 0.2) is 70.9 Å². The molecule has 4 rings (SSSR count). The summed E-state index contributed by atoms with van der Waals surface area (Å²) in [6.45, 7) is 0.545. The summed E-state index contributed by atoms with van der Waals surface area (Å²) in [7, 11) is 4.61. The molecule has 1 amide bonds. The van der Waals surface area contributed by atoms with Gasteiger partial charge in [-0.1, -0.05) is 53.7 Å². The molecule has 1 aromatic heterocycles. The first kappa shape index (κ1) is 25.4. The minimum atomic E-state index is -0.264. The molecule has 0 saturated heterocycles. The Hall–Kier alpha value is -3.69. The smallest absolute Gasteiger partial charge is 0.250 e. The topological polar surface area (TPSA) is 87.0 Å². The van der Waals surface area contributed by atoms with Crippen LogP contribution in [0.5, 0.6) is 17.2 Å². The standard InChI is InChI=1S/C26H25ClN4O4S/c1-33-22-12-17(13-23(34-2)25(22)35-3)14-28-30-24(32)16-36-26-29-20-10-6-7-11-21(20)31(26)15-18-8-4-5-9-19(18)27/h4-14H,15-16H2,1-3H3,(H,30,32)/b28-14+. The number of rotatable bonds is 10. The number of amides is 1. The third kappa shape index (κ3) is 5.75. The van der Waals surface area contributed by atoms with Crippen LogP contribution in [0.25, 0.3) is 11.0 Å². The molecular formula is C26H25ClN4O4S. The largest absolute Gasteiger partial charge is 0.493 e. The first-order valence-electron chi connectivity index (χ1n) is 11.0. The van der Waals surface area contributed by atoms with E-state index in [-0.39, 0.29) is 11.7 Å². The van der Waals surface area contributed by atoms with E-state index in [0.717, 1.165) is 21.8 Å². The van der Waals surface area contributed by atoms with E-state index in [0.29, 0.717) is 34.4 Å². The highest BCUT2D eigenvalue weighted by atomic mass is 35.5. The summed E-state index contributed by atoms with van der Waals surface area (Å²) in [4.78, 5) is 17.2. The summed E-state index contributed by atoms with van der Waals surface area (Å²) < 4.78 is 18.1. The second-order valence-electron chi connectivity index (χ2n) is 7.60. The quantitative estimate of drug-likeness (QED) is 0.178. The number of thioether (sulfide) groups is 1. The number of hydrogen-bond acceptors (Lipinski definition) is 7. The van der Waals surface area contributed by atoms with Crippen molar-refractivity contribution in [3.63, 3.8) is 0 Å². The normalized spacial score (nSPS) is 11.1. The number of hydrazone groups is 1. The van der Waals surface area contributed by atoms with E-state index in [1.807, 2.05) is 48.5 Å². The van der Waals surface area contributed by atoms with E-state index in [4.69, 9.17) is 30.8 Å². The Labute approximate surface area is 218 Å². The van der Waals surface area contributed by atoms with Crippen LogP contribution in [0.4, 0.5) is 0 Å². The number of hydrogen-bond donors (Lipinski definition) is 1. The predicted octanol–water partition coefficient (Wildman–Crippen LogP) is 5.01. The van der Waals surface area contributed by atoms with E-state index in [1.165, 1.54) is 39.3 Å². The van der Waals surface area contributed by atoms with Crippen LogP contribution in [0, 0.1) is 0 Å². The highest BCUT2D eigenvalue weighted by Crippen LogP contribution is 2.37. The van der Waals surface area contributed by atoms with Gasteiger partial charge in [0.25, 0.3) is 5.91 Å². The fraction of sp³-hybridized carbons (Fsp3) is 0.192. The molecule has 0 aliphatic heterocycles. The molecule has 8 nitrogen and oxygen atoms in total. The lowest BCUT2D eigenvalue weighted by Crippen LogP contribution is -2.20. The molecule has 3 aromatic carbocycles. The van der Waals surface area contributed by atoms with E-state index < -0.39 is 0 Å². The van der Waals surface area contributed by atoms with Crippen molar-refractivity contribution < 1.29 is 19.0 Å². The van der Waals surface area contributed by atoms with E-state index >= 15 is 0 Å². The number of carbonyl (C=O) groups excluding carboxylic acids is 1. The zero-order chi connectivity index (χ0) is 25.5. The van der Waals surface area contributed by atoms with Crippen molar-refractivity contribution in [3.8, 4) is 17.2 Å². The predicted molar refractivity (Wildman–Crippen MR) is 143 cm³/mol. The van der Waals surface area contributed by atoms with Crippen LogP contribution in [-0.2, 0) is 11.3 Å². The van der Waals surface area contributed by atoms with Gasteiger partial charge in [0, 0.05) is 10.6 Å². The molecule has 0 aliphatic carbocycles. The minimum Gasteiger partial charge on any atom is -0.493 e. The van der Waals surface area contributed by atoms with Gasteiger partial charge in [-0.25, -0.2) is 10.4 Å². The number of aromatic nitrogens is 2. The van der Waals surface area contributed by atoms with Gasteiger partial charge in [-0.2, -0.15) is 5.10 Å². The third-order valence-corrected chi connectivity index (χ3v) is 6.67. The minimum absolute atomic E-state index is 0.137. The highest BCUT2D eigenvalue weighted by Gasteiger charge is 2.15. The van der Waals surface area contributed by atoms with Crippen LogP contribution < -0.4 is 19.6 Å². The molecule has 0 saturated carbocycles. The Balaban J connectivity index is 1.45. The van der Waals surface area contributed by atoms with Crippen molar-refractivity contribution in [1.82, 2.24) is 15.0 Å². The van der Waals surface area contributed by atoms with Gasteiger partial charge in [0.1, 0.15) is 0 Å². The lowest BCUT2D eigenvalue weighted by Gasteiger charge is -2.12. The Morgan fingerprint density at radius 2 is 1.75 bits per heavy atom. The number of para-hydroxylation sites is 2. The summed E-state index contributed by atoms with van der Waals surface area (Å²) in [5.41, 5.74) is 6.04. The Kier molecular flexibility index (Phi) is 8.35. The lowest BCUT2D eigenvalue weighted by molar-refractivity contribution is -0.118. The number of halogens is 1. The van der Waals surface area contributed by atoms with Crippen molar-refractivity contribution in [3.05, 3.63) is 76.8 Å². The SMILES string of the molecule is COc1cc(/C=N/NC(=O)CSc2nc3ccccc3n2Cc2ccccc2Cl)cc(OC)c1OC. The van der Waals surface area contributed by atoms with Crippen molar-refractivity contribution in [2.24, 2.45) is 5.10 Å². The fourth-order valence-corrected chi connectivity index (χ4v) is 4.63. The van der Waals surface area contributed by atoms with Gasteiger partial charge in [-0.15, -0.1) is 0 Å². The highest BCUT2D eigenvalue weighted by molar-refractivity contribution is 7.99. The summed E-state index contributed by atoms with van der Waals surface area (Å²) >= 11 is 7.73. The van der Waals surface area contributed by atoms with Gasteiger partial charge in [0.2, 0.25) is 5.75 Å². The molecule has 0 bridgehead atoms. The fourth-order valence-electron chi connectivity index (χ4n) is 3.63. The molecule has 186 valence electrons. The van der Waals surface area contributed by atoms with Crippen LogP contribution in [0.2, 0.25) is 5.02 Å². The number of benzene rings is 3. The number of methoxy groups -OCH3 is 3. The molecular weight excluding hydrogens is 500 g/mol. The lowest BCUT2D eigenvalue weighted by atomic mass is 10.2. The average Bonchev–Trinajstić information content (AvgIpc) is 3.25. The molecule has 10 heteroatoms. The molecule has 4 aromatic rings. The van der Waals surface area contributed by atoms with E-state index in [2.05, 4.69) is 15.1 Å². The van der Waals surface area contributed by atoms with Crippen molar-refractivity contribution in [2.75, 3.05) is 27.1 Å². The molecule has 0 radical (unpaired) electrons. The molecule has 0 aliphatic rings. The summed E-state index contributed by atoms with van der Waals surface area (Å²) in [6.07, 6.45) is 1.51. The molecule has 0 fully saturated rings. The van der Waals surface area contributed by atoms with Gasteiger partial charge in [0.15, 0.2) is 16.7 Å². The number of carbonyl (C=O) groups is 1. The first-order chi connectivity index (χ1) is 17.5. The molecule has 1 heterocycles. The van der Waals surface area contributed by atoms with Crippen molar-refractivity contribution >= 4 is 46.5 Å². The Bertz CT molecular complexity index is 1380. The second kappa shape index (κ2) is 11.8. The molecule has 0 spiro atoms. The Morgan fingerprint density at radius 1 is 1.06 bits per heavy atom. The first-order valence-corrected chi connectivity index (χ1v) is 12.3. The molecule has 36 heavy (non-hydrogen) atoms. The van der Waals surface area contributed by atoms with Gasteiger partial charge in [0.05, 0.1) is 50.9 Å². The van der Waals surface area contributed by atoms with Gasteiger partial charge >= 0.3 is 0 Å². The van der Waals surface area contributed by atoms with Crippen LogP contribution >= 0.6 is 23.4 Å². The second-order valence-corrected chi connectivity index (χ2v) is 8.95. The number of nitrogens with one attached hydrogen (secondary N) is 1. The Morgan fingerprint density at radius 3 is 2.44 bits per heavy atom. The molecule has 1 N–H and O–H groups in total. The summed E-state index contributed by atoms with van der Waals surface area (Å²) in [6, 6.07) is 19.0. The number of ether oxygens (including phenoxy) is 3. The van der Waals surface area contributed by atoms with Crippen LogP contribution in [0.1, 0.15) is 11.1 Å². The van der Waals surface area contributed by atoms with Crippen molar-refractivity contribution in [1.29, 1.82) is 0 Å². The number of fused-ring (bicyclic) bond motifs is 1. The van der Waals surface area contributed by atoms with Crippen LogP contribution in [0.3, 0.4) is 0 Å². The third-order valence-electron chi connectivity index (χ3n) is 5.33. The monoisotopic (exact) mass is 524 g/mol. The average molecular weight is 525 g/mol. The van der Waals surface area contributed by atoms with Gasteiger partial charge in [-0.3, -0.25) is 4.79 Å². The molecule has 0 unspecified atom stereocenters. The summed E-state index contributed by atoms with van der Waals surface area (Å²) in [5, 5.41) is 5.48. The zero-order valence-corrected chi connectivity index (χ0v) is 21.6. The van der Waals surface area contributed by atoms with Crippen molar-refractivity contribution in [2.45, 2.75) is 11.7 Å². The maximum Gasteiger partial charge on any atom is 0.250 e. The van der Waals surface area contributed by atoms with E-state index in [1.54, 1.807) is 12.1 Å².